The minimum atomic E-state index is -1.07. The molecule has 0 aliphatic carbocycles. The van der Waals surface area contributed by atoms with Crippen LogP contribution >= 0.6 is 22.7 Å². The van der Waals surface area contributed by atoms with E-state index in [4.69, 9.17) is 9.84 Å². The highest BCUT2D eigenvalue weighted by atomic mass is 32.1. The second-order valence-electron chi connectivity index (χ2n) is 4.69. The van der Waals surface area contributed by atoms with E-state index in [0.717, 1.165) is 24.5 Å². The van der Waals surface area contributed by atoms with Crippen molar-refractivity contribution in [3.8, 4) is 0 Å². The van der Waals surface area contributed by atoms with Gasteiger partial charge in [0.15, 0.2) is 5.69 Å². The summed E-state index contributed by atoms with van der Waals surface area (Å²) in [6.45, 7) is 0.922. The molecular formula is C13H13N3O4S2. The Morgan fingerprint density at radius 1 is 1.32 bits per heavy atom. The van der Waals surface area contributed by atoms with Crippen LogP contribution < -0.4 is 5.32 Å². The summed E-state index contributed by atoms with van der Waals surface area (Å²) < 4.78 is 5.54. The number of aromatic carboxylic acids is 1. The highest BCUT2D eigenvalue weighted by Crippen LogP contribution is 2.30. The minimum Gasteiger partial charge on any atom is -0.476 e. The van der Waals surface area contributed by atoms with E-state index in [2.05, 4.69) is 15.3 Å². The van der Waals surface area contributed by atoms with Crippen LogP contribution in [-0.4, -0.2) is 33.6 Å². The Morgan fingerprint density at radius 3 is 2.82 bits per heavy atom. The first-order valence-electron chi connectivity index (χ1n) is 6.66. The molecule has 1 saturated heterocycles. The molecule has 0 aromatic carbocycles. The topological polar surface area (TPSA) is 101 Å². The summed E-state index contributed by atoms with van der Waals surface area (Å²) >= 11 is 2.61. The summed E-state index contributed by atoms with van der Waals surface area (Å²) in [7, 11) is 0. The van der Waals surface area contributed by atoms with E-state index in [1.807, 2.05) is 0 Å². The second-order valence-corrected chi connectivity index (χ2v) is 6.52. The number of hydrogen-bond donors (Lipinski definition) is 2. The maximum absolute atomic E-state index is 12.0. The van der Waals surface area contributed by atoms with Gasteiger partial charge in [0.2, 0.25) is 0 Å². The number of carboxylic acid groups (broad SMARTS) is 1. The van der Waals surface area contributed by atoms with E-state index < -0.39 is 5.97 Å². The first-order chi connectivity index (χ1) is 10.6. The Bertz CT molecular complexity index is 691. The van der Waals surface area contributed by atoms with E-state index in [1.54, 1.807) is 5.38 Å². The lowest BCUT2D eigenvalue weighted by Gasteiger charge is -2.03. The zero-order valence-electron chi connectivity index (χ0n) is 11.4. The zero-order chi connectivity index (χ0) is 15.5. The zero-order valence-corrected chi connectivity index (χ0v) is 13.1. The molecule has 2 aromatic heterocycles. The van der Waals surface area contributed by atoms with Crippen molar-refractivity contribution in [2.24, 2.45) is 0 Å². The predicted molar refractivity (Wildman–Crippen MR) is 80.3 cm³/mol. The molecule has 0 spiro atoms. The van der Waals surface area contributed by atoms with Gasteiger partial charge in [-0.3, -0.25) is 4.79 Å². The Kier molecular flexibility index (Phi) is 4.46. The molecule has 2 aromatic rings. The third-order valence-corrected chi connectivity index (χ3v) is 4.92. The second kappa shape index (κ2) is 6.51. The molecule has 0 saturated carbocycles. The van der Waals surface area contributed by atoms with Crippen molar-refractivity contribution in [1.82, 2.24) is 15.3 Å². The lowest BCUT2D eigenvalue weighted by atomic mass is 10.2. The van der Waals surface area contributed by atoms with Crippen LogP contribution in [0.15, 0.2) is 10.8 Å². The largest absolute Gasteiger partial charge is 0.476 e. The van der Waals surface area contributed by atoms with Gasteiger partial charge in [0.1, 0.15) is 21.8 Å². The monoisotopic (exact) mass is 339 g/mol. The Hall–Kier alpha value is -1.84. The molecule has 0 unspecified atom stereocenters. The number of carbonyl (C=O) groups is 2. The normalized spacial score (nSPS) is 17.5. The fourth-order valence-electron chi connectivity index (χ4n) is 2.05. The van der Waals surface area contributed by atoms with Gasteiger partial charge in [-0.25, -0.2) is 14.8 Å². The molecule has 0 radical (unpaired) electrons. The third-order valence-electron chi connectivity index (χ3n) is 3.13. The van der Waals surface area contributed by atoms with Crippen molar-refractivity contribution < 1.29 is 19.4 Å². The quantitative estimate of drug-likeness (QED) is 0.865. The molecule has 1 amide bonds. The first kappa shape index (κ1) is 15.1. The molecule has 1 aliphatic heterocycles. The fraction of sp³-hybridized carbons (Fsp3) is 0.385. The van der Waals surface area contributed by atoms with Gasteiger partial charge in [-0.15, -0.1) is 22.7 Å². The lowest BCUT2D eigenvalue weighted by Crippen LogP contribution is -2.23. The molecule has 3 heterocycles. The summed E-state index contributed by atoms with van der Waals surface area (Å²) in [4.78, 5) is 31.0. The average Bonchev–Trinajstić information content (AvgIpc) is 3.23. The van der Waals surface area contributed by atoms with E-state index in [1.165, 1.54) is 28.1 Å². The average molecular weight is 339 g/mol. The van der Waals surface area contributed by atoms with Crippen LogP contribution in [0.3, 0.4) is 0 Å². The molecule has 1 fully saturated rings. The summed E-state index contributed by atoms with van der Waals surface area (Å²) in [6, 6.07) is 0. The summed E-state index contributed by atoms with van der Waals surface area (Å²) in [6.07, 6.45) is 1.96. The van der Waals surface area contributed by atoms with Crippen LogP contribution in [0.25, 0.3) is 0 Å². The van der Waals surface area contributed by atoms with Crippen molar-refractivity contribution in [2.45, 2.75) is 25.5 Å². The Morgan fingerprint density at radius 2 is 2.14 bits per heavy atom. The number of nitrogens with zero attached hydrogens (tertiary/aromatic N) is 2. The van der Waals surface area contributed by atoms with Gasteiger partial charge in [0, 0.05) is 17.4 Å². The molecule has 2 N–H and O–H groups in total. The molecule has 22 heavy (non-hydrogen) atoms. The predicted octanol–water partition coefficient (Wildman–Crippen LogP) is 2.08. The van der Waals surface area contributed by atoms with Crippen molar-refractivity contribution in [1.29, 1.82) is 0 Å². The highest BCUT2D eigenvalue weighted by Gasteiger charge is 2.22. The first-order valence-corrected chi connectivity index (χ1v) is 8.42. The molecule has 7 nitrogen and oxygen atoms in total. The number of rotatable bonds is 5. The standard InChI is InChI=1S/C13H13N3O4S2/c17-11(14-4-10-15-8(6-21-10)13(18)19)7-5-22-12(16-7)9-2-1-3-20-9/h5-6,9H,1-4H2,(H,14,17)(H,18,19)/t9-/m0/s1. The van der Waals surface area contributed by atoms with Crippen LogP contribution in [0.1, 0.15) is 49.9 Å². The van der Waals surface area contributed by atoms with Crippen LogP contribution in [0, 0.1) is 0 Å². The van der Waals surface area contributed by atoms with Crippen LogP contribution in [0.5, 0.6) is 0 Å². The van der Waals surface area contributed by atoms with Crippen molar-refractivity contribution in [2.75, 3.05) is 6.61 Å². The Balaban J connectivity index is 1.58. The van der Waals surface area contributed by atoms with Gasteiger partial charge in [0.05, 0.1) is 6.54 Å². The van der Waals surface area contributed by atoms with Crippen LogP contribution in [0.4, 0.5) is 0 Å². The molecule has 0 bridgehead atoms. The van der Waals surface area contributed by atoms with Gasteiger partial charge < -0.3 is 15.2 Å². The molecule has 3 rings (SSSR count). The van der Waals surface area contributed by atoms with Gasteiger partial charge in [-0.2, -0.15) is 0 Å². The lowest BCUT2D eigenvalue weighted by molar-refractivity contribution is 0.0691. The molecule has 1 atom stereocenters. The minimum absolute atomic E-state index is 0.00337. The maximum atomic E-state index is 12.0. The molecule has 1 aliphatic rings. The fourth-order valence-corrected chi connectivity index (χ4v) is 3.64. The van der Waals surface area contributed by atoms with Gasteiger partial charge in [-0.05, 0) is 12.8 Å². The molecule has 116 valence electrons. The number of ether oxygens (including phenoxy) is 1. The van der Waals surface area contributed by atoms with Crippen LogP contribution in [0.2, 0.25) is 0 Å². The number of carbonyl (C=O) groups excluding carboxylic acids is 1. The summed E-state index contributed by atoms with van der Waals surface area (Å²) in [5, 5.41) is 16.0. The highest BCUT2D eigenvalue weighted by molar-refractivity contribution is 7.10. The van der Waals surface area contributed by atoms with Gasteiger partial charge in [-0.1, -0.05) is 0 Å². The summed E-state index contributed by atoms with van der Waals surface area (Å²) in [5.41, 5.74) is 0.342. The molecular weight excluding hydrogens is 326 g/mol. The van der Waals surface area contributed by atoms with Crippen molar-refractivity contribution >= 4 is 34.6 Å². The number of hydrogen-bond acceptors (Lipinski definition) is 7. The maximum Gasteiger partial charge on any atom is 0.355 e. The van der Waals surface area contributed by atoms with Crippen molar-refractivity contribution in [3.63, 3.8) is 0 Å². The third kappa shape index (κ3) is 3.32. The number of aromatic nitrogens is 2. The van der Waals surface area contributed by atoms with E-state index in [9.17, 15) is 9.59 Å². The van der Waals surface area contributed by atoms with E-state index in [0.29, 0.717) is 10.7 Å². The van der Waals surface area contributed by atoms with Crippen LogP contribution in [-0.2, 0) is 11.3 Å². The van der Waals surface area contributed by atoms with E-state index in [-0.39, 0.29) is 24.2 Å². The number of amides is 1. The van der Waals surface area contributed by atoms with Gasteiger partial charge >= 0.3 is 5.97 Å². The molecule has 9 heteroatoms. The SMILES string of the molecule is O=C(O)c1csc(CNC(=O)c2csc([C@@H]3CCCO3)n2)n1. The Labute approximate surface area is 134 Å². The number of nitrogens with one attached hydrogen (secondary N) is 1. The number of thiazole rings is 2. The smallest absolute Gasteiger partial charge is 0.355 e. The van der Waals surface area contributed by atoms with Gasteiger partial charge in [0.25, 0.3) is 5.91 Å². The van der Waals surface area contributed by atoms with E-state index >= 15 is 0 Å². The van der Waals surface area contributed by atoms with Crippen molar-refractivity contribution in [3.05, 3.63) is 32.2 Å². The summed E-state index contributed by atoms with van der Waals surface area (Å²) in [5.74, 6) is -1.37. The number of carboxylic acids is 1.